The number of benzene rings is 1. The highest BCUT2D eigenvalue weighted by Crippen LogP contribution is 2.30. The number of amides is 1. The molecule has 5 nitrogen and oxygen atoms in total. The van der Waals surface area contributed by atoms with Gasteiger partial charge in [-0.2, -0.15) is 0 Å². The third-order valence-electron chi connectivity index (χ3n) is 4.88. The number of fused-ring (bicyclic) bond motifs is 1. The molecule has 3 heterocycles. The summed E-state index contributed by atoms with van der Waals surface area (Å²) in [5, 5.41) is 3.99. The van der Waals surface area contributed by atoms with Crippen molar-refractivity contribution < 1.29 is 9.21 Å². The van der Waals surface area contributed by atoms with Crippen LogP contribution in [0.25, 0.3) is 10.9 Å². The van der Waals surface area contributed by atoms with Gasteiger partial charge in [0.25, 0.3) is 5.91 Å². The second-order valence-corrected chi connectivity index (χ2v) is 8.21. The second-order valence-electron chi connectivity index (χ2n) is 6.50. The van der Waals surface area contributed by atoms with Crippen LogP contribution in [0.2, 0.25) is 0 Å². The fourth-order valence-corrected chi connectivity index (χ4v) is 4.22. The normalized spacial score (nSPS) is 16.2. The standard InChI is InChI=1S/C19H19Br2N3O2/c20-14-8-12-13(10-22-16(12)9-15(14)21)19(25)23-11-17(18-4-3-7-26-18)24-5-1-2-6-24/h3-4,7-10,17,22H,1-2,5-6,11H2,(H,23,25). The molecule has 2 N–H and O–H groups in total. The highest BCUT2D eigenvalue weighted by atomic mass is 79.9. The molecule has 1 aliphatic rings. The first kappa shape index (κ1) is 17.8. The first-order chi connectivity index (χ1) is 12.6. The van der Waals surface area contributed by atoms with Crippen LogP contribution < -0.4 is 5.32 Å². The summed E-state index contributed by atoms with van der Waals surface area (Å²) in [4.78, 5) is 18.3. The maximum atomic E-state index is 12.8. The molecule has 1 saturated heterocycles. The van der Waals surface area contributed by atoms with Gasteiger partial charge in [-0.1, -0.05) is 0 Å². The Kier molecular flexibility index (Phi) is 5.20. The van der Waals surface area contributed by atoms with E-state index in [0.29, 0.717) is 12.1 Å². The van der Waals surface area contributed by atoms with Crippen LogP contribution in [0.5, 0.6) is 0 Å². The van der Waals surface area contributed by atoms with Crippen LogP contribution in [-0.4, -0.2) is 35.4 Å². The van der Waals surface area contributed by atoms with Gasteiger partial charge in [0.05, 0.1) is 17.9 Å². The Labute approximate surface area is 168 Å². The van der Waals surface area contributed by atoms with E-state index in [9.17, 15) is 4.79 Å². The van der Waals surface area contributed by atoms with Crippen LogP contribution in [-0.2, 0) is 0 Å². The topological polar surface area (TPSA) is 61.3 Å². The zero-order valence-electron chi connectivity index (χ0n) is 14.1. The number of hydrogen-bond donors (Lipinski definition) is 2. The number of aromatic nitrogens is 1. The molecule has 0 spiro atoms. The van der Waals surface area contributed by atoms with E-state index >= 15 is 0 Å². The van der Waals surface area contributed by atoms with Gasteiger partial charge in [-0.05, 0) is 82.1 Å². The van der Waals surface area contributed by atoms with Crippen LogP contribution >= 0.6 is 31.9 Å². The van der Waals surface area contributed by atoms with E-state index < -0.39 is 0 Å². The number of rotatable bonds is 5. The monoisotopic (exact) mass is 479 g/mol. The van der Waals surface area contributed by atoms with Crippen LogP contribution in [0, 0.1) is 0 Å². The Morgan fingerprint density at radius 3 is 2.77 bits per heavy atom. The molecular formula is C19H19Br2N3O2. The van der Waals surface area contributed by atoms with E-state index in [-0.39, 0.29) is 11.9 Å². The molecule has 0 bridgehead atoms. The number of carbonyl (C=O) groups is 1. The average Bonchev–Trinajstić information content (AvgIpc) is 3.37. The van der Waals surface area contributed by atoms with Crippen molar-refractivity contribution in [3.63, 3.8) is 0 Å². The molecule has 1 amide bonds. The van der Waals surface area contributed by atoms with E-state index in [1.54, 1.807) is 12.5 Å². The third kappa shape index (κ3) is 3.48. The van der Waals surface area contributed by atoms with Crippen LogP contribution in [0.3, 0.4) is 0 Å². The maximum Gasteiger partial charge on any atom is 0.253 e. The van der Waals surface area contributed by atoms with Gasteiger partial charge in [0.15, 0.2) is 0 Å². The summed E-state index contributed by atoms with van der Waals surface area (Å²) in [6.45, 7) is 2.60. The van der Waals surface area contributed by atoms with Crippen molar-refractivity contribution in [2.45, 2.75) is 18.9 Å². The smallest absolute Gasteiger partial charge is 0.253 e. The number of hydrogen-bond acceptors (Lipinski definition) is 3. The van der Waals surface area contributed by atoms with Gasteiger partial charge in [-0.25, -0.2) is 0 Å². The minimum Gasteiger partial charge on any atom is -0.468 e. The molecule has 0 aliphatic carbocycles. The summed E-state index contributed by atoms with van der Waals surface area (Å²) in [5.74, 6) is 0.819. The molecule has 3 aromatic rings. The average molecular weight is 481 g/mol. The number of likely N-dealkylation sites (tertiary alicyclic amines) is 1. The van der Waals surface area contributed by atoms with Gasteiger partial charge in [0, 0.05) is 32.6 Å². The molecule has 26 heavy (non-hydrogen) atoms. The Bertz CT molecular complexity index is 914. The van der Waals surface area contributed by atoms with E-state index in [1.165, 1.54) is 12.8 Å². The van der Waals surface area contributed by atoms with Gasteiger partial charge < -0.3 is 14.7 Å². The molecule has 1 aromatic carbocycles. The predicted octanol–water partition coefficient (Wildman–Crippen LogP) is 4.85. The predicted molar refractivity (Wildman–Crippen MR) is 108 cm³/mol. The van der Waals surface area contributed by atoms with Gasteiger partial charge in [0.2, 0.25) is 0 Å². The first-order valence-electron chi connectivity index (χ1n) is 8.65. The fourth-order valence-electron chi connectivity index (χ4n) is 3.53. The van der Waals surface area contributed by atoms with Crippen molar-refractivity contribution in [1.82, 2.24) is 15.2 Å². The van der Waals surface area contributed by atoms with E-state index in [0.717, 1.165) is 38.7 Å². The first-order valence-corrected chi connectivity index (χ1v) is 10.2. The van der Waals surface area contributed by atoms with Crippen molar-refractivity contribution in [2.75, 3.05) is 19.6 Å². The summed E-state index contributed by atoms with van der Waals surface area (Å²) in [7, 11) is 0. The Morgan fingerprint density at radius 1 is 1.27 bits per heavy atom. The summed E-state index contributed by atoms with van der Waals surface area (Å²) in [6.07, 6.45) is 5.83. The van der Waals surface area contributed by atoms with Gasteiger partial charge in [0.1, 0.15) is 5.76 Å². The molecule has 136 valence electrons. The Morgan fingerprint density at radius 2 is 2.04 bits per heavy atom. The lowest BCUT2D eigenvalue weighted by atomic mass is 10.1. The quantitative estimate of drug-likeness (QED) is 0.548. The molecule has 1 fully saturated rings. The molecule has 0 radical (unpaired) electrons. The van der Waals surface area contributed by atoms with Gasteiger partial charge in [-0.3, -0.25) is 9.69 Å². The minimum absolute atomic E-state index is 0.0718. The van der Waals surface area contributed by atoms with Crippen molar-refractivity contribution >= 4 is 48.7 Å². The minimum atomic E-state index is -0.0822. The van der Waals surface area contributed by atoms with E-state index in [4.69, 9.17) is 4.42 Å². The van der Waals surface area contributed by atoms with Crippen molar-refractivity contribution in [3.8, 4) is 0 Å². The van der Waals surface area contributed by atoms with Gasteiger partial charge in [-0.15, -0.1) is 0 Å². The lowest BCUT2D eigenvalue weighted by Gasteiger charge is -2.25. The largest absolute Gasteiger partial charge is 0.468 e. The lowest BCUT2D eigenvalue weighted by Crippen LogP contribution is -2.36. The molecular weight excluding hydrogens is 462 g/mol. The zero-order valence-corrected chi connectivity index (χ0v) is 17.3. The number of nitrogens with one attached hydrogen (secondary N) is 2. The SMILES string of the molecule is O=C(NCC(c1ccco1)N1CCCC1)c1c[nH]c2cc(Br)c(Br)cc12. The highest BCUT2D eigenvalue weighted by molar-refractivity contribution is 9.13. The Hall–Kier alpha value is -1.57. The molecule has 0 saturated carbocycles. The number of carbonyl (C=O) groups excluding carboxylic acids is 1. The number of halogens is 2. The lowest BCUT2D eigenvalue weighted by molar-refractivity contribution is 0.0935. The number of furan rings is 1. The van der Waals surface area contributed by atoms with Crippen molar-refractivity contribution in [2.24, 2.45) is 0 Å². The van der Waals surface area contributed by atoms with Crippen LogP contribution in [0.1, 0.15) is 35.0 Å². The van der Waals surface area contributed by atoms with Crippen LogP contribution in [0.4, 0.5) is 0 Å². The molecule has 7 heteroatoms. The molecule has 4 rings (SSSR count). The summed E-state index contributed by atoms with van der Waals surface area (Å²) >= 11 is 6.99. The highest BCUT2D eigenvalue weighted by Gasteiger charge is 2.26. The maximum absolute atomic E-state index is 12.8. The van der Waals surface area contributed by atoms with Crippen molar-refractivity contribution in [1.29, 1.82) is 0 Å². The molecule has 2 aromatic heterocycles. The molecule has 1 atom stereocenters. The number of aromatic amines is 1. The van der Waals surface area contributed by atoms with Crippen LogP contribution in [0.15, 0.2) is 50.1 Å². The third-order valence-corrected chi connectivity index (χ3v) is 6.72. The molecule has 1 unspecified atom stereocenters. The number of H-pyrrole nitrogens is 1. The zero-order chi connectivity index (χ0) is 18.1. The summed E-state index contributed by atoms with van der Waals surface area (Å²) in [5.41, 5.74) is 1.57. The summed E-state index contributed by atoms with van der Waals surface area (Å²) in [6, 6.07) is 7.87. The van der Waals surface area contributed by atoms with E-state index in [1.807, 2.05) is 24.3 Å². The number of nitrogens with zero attached hydrogens (tertiary/aromatic N) is 1. The summed E-state index contributed by atoms with van der Waals surface area (Å²) < 4.78 is 7.49. The van der Waals surface area contributed by atoms with Gasteiger partial charge >= 0.3 is 0 Å². The molecule has 1 aliphatic heterocycles. The Balaban J connectivity index is 1.53. The second kappa shape index (κ2) is 7.58. The van der Waals surface area contributed by atoms with Crippen molar-refractivity contribution in [3.05, 3.63) is 57.0 Å². The fraction of sp³-hybridized carbons (Fsp3) is 0.316. The van der Waals surface area contributed by atoms with E-state index in [2.05, 4.69) is 47.1 Å².